The molecule has 22 heavy (non-hydrogen) atoms. The van der Waals surface area contributed by atoms with Gasteiger partial charge in [-0.05, 0) is 16.5 Å². The zero-order chi connectivity index (χ0) is 17.1. The van der Waals surface area contributed by atoms with Gasteiger partial charge in [0, 0.05) is 11.8 Å². The molecule has 1 atom stereocenters. The summed E-state index contributed by atoms with van der Waals surface area (Å²) in [7, 11) is 0. The summed E-state index contributed by atoms with van der Waals surface area (Å²) in [5.74, 6) is -1.27. The molecule has 0 unspecified atom stereocenters. The van der Waals surface area contributed by atoms with Crippen molar-refractivity contribution in [1.82, 2.24) is 5.32 Å². The Morgan fingerprint density at radius 1 is 1.05 bits per heavy atom. The monoisotopic (exact) mass is 305 g/mol. The molecule has 0 aliphatic heterocycles. The van der Waals surface area contributed by atoms with Gasteiger partial charge in [0.2, 0.25) is 5.91 Å². The molecule has 4 heteroatoms. The van der Waals surface area contributed by atoms with E-state index >= 15 is 0 Å². The first kappa shape index (κ1) is 18.2. The fourth-order valence-electron chi connectivity index (χ4n) is 1.95. The van der Waals surface area contributed by atoms with Crippen LogP contribution in [-0.4, -0.2) is 23.0 Å². The third kappa shape index (κ3) is 5.17. The number of amides is 1. The summed E-state index contributed by atoms with van der Waals surface area (Å²) in [5, 5.41) is 11.9. The number of hydrogen-bond acceptors (Lipinski definition) is 2. The van der Waals surface area contributed by atoms with E-state index in [-0.39, 0.29) is 17.7 Å². The highest BCUT2D eigenvalue weighted by Crippen LogP contribution is 2.22. The van der Waals surface area contributed by atoms with Gasteiger partial charge in [-0.1, -0.05) is 65.8 Å². The molecule has 1 aromatic rings. The predicted molar refractivity (Wildman–Crippen MR) is 87.9 cm³/mol. The number of aliphatic carboxylic acids is 1. The number of hydrogen-bond donors (Lipinski definition) is 2. The molecule has 0 aliphatic rings. The van der Waals surface area contributed by atoms with Crippen LogP contribution < -0.4 is 5.32 Å². The summed E-state index contributed by atoms with van der Waals surface area (Å²) in [6.45, 7) is 11.7. The van der Waals surface area contributed by atoms with Crippen molar-refractivity contribution in [3.63, 3.8) is 0 Å². The lowest BCUT2D eigenvalue weighted by atomic mass is 9.86. The smallest absolute Gasteiger partial charge is 0.326 e. The molecule has 1 aromatic carbocycles. The van der Waals surface area contributed by atoms with Crippen LogP contribution in [0.3, 0.4) is 0 Å². The number of carbonyl (C=O) groups is 2. The number of nitrogens with one attached hydrogen (secondary N) is 1. The molecule has 0 aliphatic carbocycles. The zero-order valence-electron chi connectivity index (χ0n) is 14.4. The number of benzene rings is 1. The van der Waals surface area contributed by atoms with Crippen molar-refractivity contribution in [3.05, 3.63) is 35.4 Å². The van der Waals surface area contributed by atoms with Crippen molar-refractivity contribution in [1.29, 1.82) is 0 Å². The highest BCUT2D eigenvalue weighted by Gasteiger charge is 2.27. The minimum atomic E-state index is -1.02. The van der Waals surface area contributed by atoms with E-state index in [1.165, 1.54) is 5.56 Å². The van der Waals surface area contributed by atoms with E-state index in [1.54, 1.807) is 20.8 Å². The molecule has 0 fully saturated rings. The second-order valence-electron chi connectivity index (χ2n) is 7.77. The van der Waals surface area contributed by atoms with E-state index in [9.17, 15) is 14.7 Å². The van der Waals surface area contributed by atoms with Crippen LogP contribution in [0.4, 0.5) is 0 Å². The molecule has 0 saturated carbocycles. The summed E-state index contributed by atoms with van der Waals surface area (Å²) < 4.78 is 0. The highest BCUT2D eigenvalue weighted by atomic mass is 16.4. The van der Waals surface area contributed by atoms with E-state index in [4.69, 9.17) is 0 Å². The summed E-state index contributed by atoms with van der Waals surface area (Å²) in [5.41, 5.74) is 1.55. The van der Waals surface area contributed by atoms with Crippen LogP contribution in [0.5, 0.6) is 0 Å². The van der Waals surface area contributed by atoms with Gasteiger partial charge in [0.15, 0.2) is 0 Å². The SMILES string of the molecule is CC(C)(C)C(=O)N[C@H](Cc1ccc(C(C)(C)C)cc1)C(=O)O. The second kappa shape index (κ2) is 6.51. The Labute approximate surface area is 132 Å². The maximum Gasteiger partial charge on any atom is 0.326 e. The molecule has 4 nitrogen and oxygen atoms in total. The third-order valence-corrected chi connectivity index (χ3v) is 3.54. The normalized spacial score (nSPS) is 13.5. The van der Waals surface area contributed by atoms with Crippen molar-refractivity contribution in [2.75, 3.05) is 0 Å². The van der Waals surface area contributed by atoms with Gasteiger partial charge < -0.3 is 10.4 Å². The molecular weight excluding hydrogens is 278 g/mol. The van der Waals surface area contributed by atoms with Gasteiger partial charge in [-0.3, -0.25) is 4.79 Å². The molecule has 122 valence electrons. The van der Waals surface area contributed by atoms with Crippen molar-refractivity contribution >= 4 is 11.9 Å². The standard InChI is InChI=1S/C18H27NO3/c1-17(2,3)13-9-7-12(8-10-13)11-14(15(20)21)19-16(22)18(4,5)6/h7-10,14H,11H2,1-6H3,(H,19,22)(H,20,21)/t14-/m1/s1. The molecule has 1 amide bonds. The fourth-order valence-corrected chi connectivity index (χ4v) is 1.95. The quantitative estimate of drug-likeness (QED) is 0.898. The van der Waals surface area contributed by atoms with Crippen molar-refractivity contribution < 1.29 is 14.7 Å². The summed E-state index contributed by atoms with van der Waals surface area (Å²) >= 11 is 0. The van der Waals surface area contributed by atoms with Gasteiger partial charge in [-0.25, -0.2) is 4.79 Å². The lowest BCUT2D eigenvalue weighted by Gasteiger charge is -2.22. The predicted octanol–water partition coefficient (Wildman–Crippen LogP) is 3.14. The van der Waals surface area contributed by atoms with Gasteiger partial charge in [-0.2, -0.15) is 0 Å². The van der Waals surface area contributed by atoms with Crippen molar-refractivity contribution in [2.45, 2.75) is 59.4 Å². The Morgan fingerprint density at radius 3 is 1.91 bits per heavy atom. The Kier molecular flexibility index (Phi) is 5.39. The van der Waals surface area contributed by atoms with Crippen LogP contribution >= 0.6 is 0 Å². The first-order chi connectivity index (χ1) is 9.91. The number of carboxylic acid groups (broad SMARTS) is 1. The van der Waals surface area contributed by atoms with Gasteiger partial charge in [0.1, 0.15) is 6.04 Å². The second-order valence-corrected chi connectivity index (χ2v) is 7.77. The lowest BCUT2D eigenvalue weighted by molar-refractivity contribution is -0.143. The Morgan fingerprint density at radius 2 is 1.55 bits per heavy atom. The van der Waals surface area contributed by atoms with Crippen LogP contribution in [0.15, 0.2) is 24.3 Å². The molecule has 0 saturated heterocycles. The van der Waals surface area contributed by atoms with E-state index in [0.29, 0.717) is 0 Å². The number of carbonyl (C=O) groups excluding carboxylic acids is 1. The average Bonchev–Trinajstić information content (AvgIpc) is 2.36. The summed E-state index contributed by atoms with van der Waals surface area (Å²) in [6.07, 6.45) is 0.279. The molecule has 2 N–H and O–H groups in total. The summed E-state index contributed by atoms with van der Waals surface area (Å²) in [4.78, 5) is 23.4. The first-order valence-corrected chi connectivity index (χ1v) is 7.54. The fraction of sp³-hybridized carbons (Fsp3) is 0.556. The maximum atomic E-state index is 12.0. The van der Waals surface area contributed by atoms with Crippen molar-refractivity contribution in [3.8, 4) is 0 Å². The minimum Gasteiger partial charge on any atom is -0.480 e. The minimum absolute atomic E-state index is 0.0607. The topological polar surface area (TPSA) is 66.4 Å². The molecule has 0 spiro atoms. The Hall–Kier alpha value is -1.84. The largest absolute Gasteiger partial charge is 0.480 e. The molecule has 0 bridgehead atoms. The molecule has 1 rings (SSSR count). The third-order valence-electron chi connectivity index (χ3n) is 3.54. The van der Waals surface area contributed by atoms with E-state index < -0.39 is 17.4 Å². The van der Waals surface area contributed by atoms with Crippen LogP contribution in [0.1, 0.15) is 52.7 Å². The number of rotatable bonds is 4. The maximum absolute atomic E-state index is 12.0. The zero-order valence-corrected chi connectivity index (χ0v) is 14.4. The van der Waals surface area contributed by atoms with Crippen LogP contribution in [-0.2, 0) is 21.4 Å². The van der Waals surface area contributed by atoms with E-state index in [2.05, 4.69) is 26.1 Å². The first-order valence-electron chi connectivity index (χ1n) is 7.54. The van der Waals surface area contributed by atoms with E-state index in [1.807, 2.05) is 24.3 Å². The highest BCUT2D eigenvalue weighted by molar-refractivity contribution is 5.86. The van der Waals surface area contributed by atoms with E-state index in [0.717, 1.165) is 5.56 Å². The molecule has 0 aromatic heterocycles. The van der Waals surface area contributed by atoms with Crippen molar-refractivity contribution in [2.24, 2.45) is 5.41 Å². The Bertz CT molecular complexity index is 533. The van der Waals surface area contributed by atoms with Gasteiger partial charge in [0.05, 0.1) is 0 Å². The van der Waals surface area contributed by atoms with Crippen LogP contribution in [0.2, 0.25) is 0 Å². The Balaban J connectivity index is 2.84. The van der Waals surface area contributed by atoms with Gasteiger partial charge >= 0.3 is 5.97 Å². The summed E-state index contributed by atoms with van der Waals surface area (Å²) in [6, 6.07) is 6.98. The number of carboxylic acids is 1. The van der Waals surface area contributed by atoms with Crippen LogP contribution in [0.25, 0.3) is 0 Å². The molecule has 0 heterocycles. The molecule has 0 radical (unpaired) electrons. The van der Waals surface area contributed by atoms with Gasteiger partial charge in [0.25, 0.3) is 0 Å². The van der Waals surface area contributed by atoms with Gasteiger partial charge in [-0.15, -0.1) is 0 Å². The molecular formula is C18H27NO3. The lowest BCUT2D eigenvalue weighted by Crippen LogP contribution is -2.46. The van der Waals surface area contributed by atoms with Crippen LogP contribution in [0, 0.1) is 5.41 Å². The average molecular weight is 305 g/mol.